The van der Waals surface area contributed by atoms with Crippen molar-refractivity contribution >= 4 is 17.5 Å². The summed E-state index contributed by atoms with van der Waals surface area (Å²) in [5.41, 5.74) is 4.15. The molecule has 2 N–H and O–H groups in total. The van der Waals surface area contributed by atoms with Gasteiger partial charge < -0.3 is 10.6 Å². The van der Waals surface area contributed by atoms with Crippen LogP contribution in [0.5, 0.6) is 0 Å². The van der Waals surface area contributed by atoms with E-state index >= 15 is 0 Å². The van der Waals surface area contributed by atoms with E-state index < -0.39 is 0 Å². The van der Waals surface area contributed by atoms with Crippen molar-refractivity contribution in [3.05, 3.63) is 65.2 Å². The molecule has 0 unspecified atom stereocenters. The highest BCUT2D eigenvalue weighted by atomic mass is 16.2. The first-order valence-electron chi connectivity index (χ1n) is 11.0. The molecule has 2 atom stereocenters. The Morgan fingerprint density at radius 1 is 0.903 bits per heavy atom. The number of piperazine rings is 1. The first kappa shape index (κ1) is 23.0. The molecule has 1 saturated heterocycles. The van der Waals surface area contributed by atoms with Crippen molar-refractivity contribution in [3.8, 4) is 0 Å². The SMILES string of the molecule is Cc1cccc(C)c1NC(=O)CN1CCN([C@@H](C)C(=O)N[C@H](C)c2ccccc2)CC1. The third-order valence-corrected chi connectivity index (χ3v) is 6.11. The molecule has 0 radical (unpaired) electrons. The summed E-state index contributed by atoms with van der Waals surface area (Å²) < 4.78 is 0. The maximum Gasteiger partial charge on any atom is 0.238 e. The van der Waals surface area contributed by atoms with Crippen LogP contribution in [-0.2, 0) is 9.59 Å². The van der Waals surface area contributed by atoms with Crippen molar-refractivity contribution < 1.29 is 9.59 Å². The average Bonchev–Trinajstić information content (AvgIpc) is 2.77. The fraction of sp³-hybridized carbons (Fsp3) is 0.440. The van der Waals surface area contributed by atoms with Gasteiger partial charge >= 0.3 is 0 Å². The van der Waals surface area contributed by atoms with E-state index in [1.807, 2.05) is 76.2 Å². The summed E-state index contributed by atoms with van der Waals surface area (Å²) in [6, 6.07) is 15.8. The number of carbonyl (C=O) groups is 2. The van der Waals surface area contributed by atoms with Crippen LogP contribution in [0.2, 0.25) is 0 Å². The maximum atomic E-state index is 12.7. The molecule has 0 aromatic heterocycles. The predicted octanol–water partition coefficient (Wildman–Crippen LogP) is 3.13. The van der Waals surface area contributed by atoms with E-state index in [0.29, 0.717) is 6.54 Å². The molecule has 2 amide bonds. The van der Waals surface area contributed by atoms with Crippen LogP contribution in [0, 0.1) is 13.8 Å². The lowest BCUT2D eigenvalue weighted by Crippen LogP contribution is -2.55. The lowest BCUT2D eigenvalue weighted by atomic mass is 10.1. The van der Waals surface area contributed by atoms with Gasteiger partial charge in [-0.2, -0.15) is 0 Å². The van der Waals surface area contributed by atoms with Gasteiger partial charge in [0.05, 0.1) is 18.6 Å². The third-order valence-electron chi connectivity index (χ3n) is 6.11. The smallest absolute Gasteiger partial charge is 0.238 e. The average molecular weight is 423 g/mol. The van der Waals surface area contributed by atoms with Crippen molar-refractivity contribution in [2.24, 2.45) is 0 Å². The number of nitrogens with one attached hydrogen (secondary N) is 2. The van der Waals surface area contributed by atoms with Gasteiger partial charge in [-0.1, -0.05) is 48.5 Å². The van der Waals surface area contributed by atoms with Crippen LogP contribution >= 0.6 is 0 Å². The molecular formula is C25H34N4O2. The second-order valence-electron chi connectivity index (χ2n) is 8.44. The Labute approximate surface area is 185 Å². The lowest BCUT2D eigenvalue weighted by molar-refractivity contribution is -0.127. The van der Waals surface area contributed by atoms with Crippen molar-refractivity contribution in [1.82, 2.24) is 15.1 Å². The fourth-order valence-corrected chi connectivity index (χ4v) is 4.03. The molecule has 1 aliphatic heterocycles. The van der Waals surface area contributed by atoms with Gasteiger partial charge in [-0.15, -0.1) is 0 Å². The van der Waals surface area contributed by atoms with E-state index in [1.54, 1.807) is 0 Å². The number of nitrogens with zero attached hydrogens (tertiary/aromatic N) is 2. The molecule has 2 aromatic rings. The Kier molecular flexibility index (Phi) is 7.82. The van der Waals surface area contributed by atoms with E-state index in [9.17, 15) is 9.59 Å². The minimum absolute atomic E-state index is 0.00771. The van der Waals surface area contributed by atoms with Gasteiger partial charge in [-0.05, 0) is 44.4 Å². The van der Waals surface area contributed by atoms with Crippen molar-refractivity contribution in [1.29, 1.82) is 0 Å². The van der Waals surface area contributed by atoms with Crippen LogP contribution in [0.3, 0.4) is 0 Å². The van der Waals surface area contributed by atoms with Gasteiger partial charge in [0, 0.05) is 31.9 Å². The number of amides is 2. The van der Waals surface area contributed by atoms with E-state index in [0.717, 1.165) is 48.6 Å². The Morgan fingerprint density at radius 3 is 2.13 bits per heavy atom. The van der Waals surface area contributed by atoms with Gasteiger partial charge in [0.1, 0.15) is 0 Å². The van der Waals surface area contributed by atoms with Gasteiger partial charge in [-0.25, -0.2) is 0 Å². The van der Waals surface area contributed by atoms with Crippen LogP contribution in [-0.4, -0.2) is 60.4 Å². The quantitative estimate of drug-likeness (QED) is 0.720. The largest absolute Gasteiger partial charge is 0.348 e. The summed E-state index contributed by atoms with van der Waals surface area (Å²) in [6.45, 7) is 11.4. The van der Waals surface area contributed by atoms with Crippen molar-refractivity contribution in [2.45, 2.75) is 39.8 Å². The van der Waals surface area contributed by atoms with Gasteiger partial charge in [0.15, 0.2) is 0 Å². The summed E-state index contributed by atoms with van der Waals surface area (Å²) in [7, 11) is 0. The summed E-state index contributed by atoms with van der Waals surface area (Å²) in [5, 5.41) is 6.17. The number of aryl methyl sites for hydroxylation is 2. The number of hydrogen-bond donors (Lipinski definition) is 2. The number of benzene rings is 2. The first-order chi connectivity index (χ1) is 14.8. The third kappa shape index (κ3) is 6.15. The molecule has 6 nitrogen and oxygen atoms in total. The van der Waals surface area contributed by atoms with Gasteiger partial charge in [-0.3, -0.25) is 19.4 Å². The molecular weight excluding hydrogens is 388 g/mol. The number of anilines is 1. The highest BCUT2D eigenvalue weighted by Crippen LogP contribution is 2.19. The highest BCUT2D eigenvalue weighted by Gasteiger charge is 2.27. The second-order valence-corrected chi connectivity index (χ2v) is 8.44. The Hall–Kier alpha value is -2.70. The van der Waals surface area contributed by atoms with Crippen molar-refractivity contribution in [3.63, 3.8) is 0 Å². The van der Waals surface area contributed by atoms with E-state index in [-0.39, 0.29) is 23.9 Å². The van der Waals surface area contributed by atoms with Crippen LogP contribution < -0.4 is 10.6 Å². The number of rotatable bonds is 7. The molecule has 0 spiro atoms. The zero-order valence-electron chi connectivity index (χ0n) is 19.0. The zero-order chi connectivity index (χ0) is 22.4. The van der Waals surface area contributed by atoms with Gasteiger partial charge in [0.2, 0.25) is 11.8 Å². The van der Waals surface area contributed by atoms with E-state index in [2.05, 4.69) is 20.4 Å². The van der Waals surface area contributed by atoms with Crippen LogP contribution in [0.25, 0.3) is 0 Å². The summed E-state index contributed by atoms with van der Waals surface area (Å²) in [5.74, 6) is 0.0471. The van der Waals surface area contributed by atoms with Crippen LogP contribution in [0.15, 0.2) is 48.5 Å². The highest BCUT2D eigenvalue weighted by molar-refractivity contribution is 5.93. The van der Waals surface area contributed by atoms with E-state index in [4.69, 9.17) is 0 Å². The molecule has 1 aliphatic rings. The predicted molar refractivity (Wildman–Crippen MR) is 125 cm³/mol. The molecule has 3 rings (SSSR count). The normalized spacial score (nSPS) is 17.0. The molecule has 1 fully saturated rings. The van der Waals surface area contributed by atoms with Gasteiger partial charge in [0.25, 0.3) is 0 Å². The van der Waals surface area contributed by atoms with Crippen LogP contribution in [0.1, 0.15) is 36.6 Å². The topological polar surface area (TPSA) is 64.7 Å². The second kappa shape index (κ2) is 10.6. The summed E-state index contributed by atoms with van der Waals surface area (Å²) >= 11 is 0. The molecule has 0 aliphatic carbocycles. The monoisotopic (exact) mass is 422 g/mol. The first-order valence-corrected chi connectivity index (χ1v) is 11.0. The minimum Gasteiger partial charge on any atom is -0.348 e. The molecule has 31 heavy (non-hydrogen) atoms. The fourth-order valence-electron chi connectivity index (χ4n) is 4.03. The molecule has 2 aromatic carbocycles. The molecule has 166 valence electrons. The molecule has 0 bridgehead atoms. The molecule has 1 heterocycles. The Morgan fingerprint density at radius 2 is 1.52 bits per heavy atom. The number of hydrogen-bond acceptors (Lipinski definition) is 4. The Balaban J connectivity index is 1.45. The summed E-state index contributed by atoms with van der Waals surface area (Å²) in [6.07, 6.45) is 0. The number of para-hydroxylation sites is 1. The van der Waals surface area contributed by atoms with Crippen molar-refractivity contribution in [2.75, 3.05) is 38.0 Å². The number of carbonyl (C=O) groups excluding carboxylic acids is 2. The zero-order valence-corrected chi connectivity index (χ0v) is 19.0. The standard InChI is InChI=1S/C25H34N4O2/c1-18-9-8-10-19(2)24(18)27-23(30)17-28-13-15-29(16-14-28)21(4)25(31)26-20(3)22-11-6-5-7-12-22/h5-12,20-21H,13-17H2,1-4H3,(H,26,31)(H,27,30)/t20-,21+/m1/s1. The van der Waals surface area contributed by atoms with Crippen LogP contribution in [0.4, 0.5) is 5.69 Å². The molecule has 6 heteroatoms. The lowest BCUT2D eigenvalue weighted by Gasteiger charge is -2.37. The summed E-state index contributed by atoms with van der Waals surface area (Å²) in [4.78, 5) is 29.6. The maximum absolute atomic E-state index is 12.7. The van der Waals surface area contributed by atoms with E-state index in [1.165, 1.54) is 0 Å². The molecule has 0 saturated carbocycles. The Bertz CT molecular complexity index is 871. The minimum atomic E-state index is -0.197.